The molecule has 8 saturated carbocycles. The average molecular weight is 1140 g/mol. The van der Waals surface area contributed by atoms with Crippen LogP contribution >= 0.6 is 0 Å². The molecular weight excluding hydrogens is 973 g/mol. The summed E-state index contributed by atoms with van der Waals surface area (Å²) >= 11 is 0. The molecule has 8 aliphatic rings. The first-order chi connectivity index (χ1) is 38.1. The Bertz CT molecular complexity index is 1350. The quantitative estimate of drug-likeness (QED) is 0.205. The molecule has 0 heterocycles. The Labute approximate surface area is 518 Å². The highest BCUT2D eigenvalue weighted by atomic mass is 14.4. The van der Waals surface area contributed by atoms with Crippen molar-refractivity contribution in [2.75, 3.05) is 0 Å². The topological polar surface area (TPSA) is 0 Å². The lowest BCUT2D eigenvalue weighted by atomic mass is 9.65. The lowest BCUT2D eigenvalue weighted by molar-refractivity contribution is 0.113. The highest BCUT2D eigenvalue weighted by molar-refractivity contribution is 4.86. The largest absolute Gasteiger partial charge is 0.0683 e. The van der Waals surface area contributed by atoms with Gasteiger partial charge in [0.05, 0.1) is 0 Å². The summed E-state index contributed by atoms with van der Waals surface area (Å²) in [6.45, 7) is 54.2. The molecule has 0 amide bonds. The van der Waals surface area contributed by atoms with Gasteiger partial charge in [-0.2, -0.15) is 0 Å². The van der Waals surface area contributed by atoms with Gasteiger partial charge in [-0.1, -0.05) is 333 Å². The molecule has 0 radical (unpaired) electrons. The minimum Gasteiger partial charge on any atom is -0.0683 e. The molecule has 0 aromatic carbocycles. The van der Waals surface area contributed by atoms with E-state index in [9.17, 15) is 0 Å². The maximum atomic E-state index is 2.47. The van der Waals surface area contributed by atoms with E-state index < -0.39 is 0 Å². The van der Waals surface area contributed by atoms with Crippen LogP contribution in [0, 0.1) is 66.5 Å². The van der Waals surface area contributed by atoms with Crippen LogP contribution in [0.3, 0.4) is 0 Å². The molecule has 0 aliphatic heterocycles. The molecule has 488 valence electrons. The second-order valence-corrected chi connectivity index (χ2v) is 33.9. The van der Waals surface area contributed by atoms with Crippen molar-refractivity contribution in [3.63, 3.8) is 0 Å². The van der Waals surface area contributed by atoms with Crippen molar-refractivity contribution in [2.24, 2.45) is 66.5 Å². The SMILES string of the molecule is CC.CCC1(C)CCC(C)(C)CC1.CCC1(C)CCC(C)CC1.CCC1(C)CCCC(C)C1.CCC1(C)CCCCC1.CCC1(C)CCCCC1.CCC1(C)CCCCC1C.CCCC1(C)CCCCC1.CCCC1(C)CCCCC1. The molecule has 0 saturated heterocycles. The summed E-state index contributed by atoms with van der Waals surface area (Å²) in [4.78, 5) is 0. The van der Waals surface area contributed by atoms with Gasteiger partial charge in [-0.05, 0) is 188 Å². The van der Waals surface area contributed by atoms with E-state index in [-0.39, 0.29) is 0 Å². The minimum atomic E-state index is 0.634. The van der Waals surface area contributed by atoms with Gasteiger partial charge in [0.1, 0.15) is 0 Å². The van der Waals surface area contributed by atoms with Crippen LogP contribution in [-0.2, 0) is 0 Å². The standard InChI is InChI=1S/C11H22.5C10H20.2C9H18.C2H6/c1-5-11(4)8-6-10(2,3)7-9-11;1-4-10(3)7-5-9(2)6-8-10;1-4-10(3)7-5-6-9(2)8-10;1-4-10(3)8-6-5-7-9(10)2;2*1-3-7-10(2)8-5-4-6-9-10;2*1-3-9(2)7-5-4-6-8-9;1-2/h5-9H2,1-4H3;3*9H,4-8H2,1-3H3;2*3-9H2,1-2H3;2*3-8H2,1-2H3;1-2H3. The first kappa shape index (κ1) is 81.0. The summed E-state index contributed by atoms with van der Waals surface area (Å²) in [6.07, 6.45) is 66.8. The summed E-state index contributed by atoms with van der Waals surface area (Å²) < 4.78 is 0. The Kier molecular flexibility index (Phi) is 42.0. The van der Waals surface area contributed by atoms with Gasteiger partial charge in [-0.15, -0.1) is 0 Å². The fraction of sp³-hybridized carbons (Fsp3) is 1.00. The molecule has 0 N–H and O–H groups in total. The van der Waals surface area contributed by atoms with Crippen LogP contribution in [0.1, 0.15) is 455 Å². The van der Waals surface area contributed by atoms with Crippen LogP contribution in [0.15, 0.2) is 0 Å². The zero-order valence-corrected chi connectivity index (χ0v) is 61.8. The Morgan fingerprint density at radius 3 is 0.840 bits per heavy atom. The van der Waals surface area contributed by atoms with Gasteiger partial charge in [0.25, 0.3) is 0 Å². The normalized spacial score (nSPS) is 31.2. The van der Waals surface area contributed by atoms with Gasteiger partial charge >= 0.3 is 0 Å². The summed E-state index contributed by atoms with van der Waals surface area (Å²) in [5.41, 5.74) is 6.28. The van der Waals surface area contributed by atoms with E-state index in [2.05, 4.69) is 145 Å². The summed E-state index contributed by atoms with van der Waals surface area (Å²) in [5.74, 6) is 2.95. The summed E-state index contributed by atoms with van der Waals surface area (Å²) in [7, 11) is 0. The third kappa shape index (κ3) is 35.0. The third-order valence-electron chi connectivity index (χ3n) is 25.5. The van der Waals surface area contributed by atoms with Crippen LogP contribution in [0.2, 0.25) is 0 Å². The van der Waals surface area contributed by atoms with Crippen molar-refractivity contribution in [3.8, 4) is 0 Å². The van der Waals surface area contributed by atoms with Crippen molar-refractivity contribution in [1.82, 2.24) is 0 Å². The van der Waals surface area contributed by atoms with E-state index in [0.717, 1.165) is 39.4 Å². The molecule has 0 aromatic rings. The van der Waals surface area contributed by atoms with Gasteiger partial charge in [-0.3, -0.25) is 0 Å². The fourth-order valence-electron chi connectivity index (χ4n) is 16.1. The van der Waals surface area contributed by atoms with Crippen molar-refractivity contribution < 1.29 is 0 Å². The average Bonchev–Trinajstić information content (AvgIpc) is 3.46. The highest BCUT2D eigenvalue weighted by Gasteiger charge is 2.35. The molecule has 0 aromatic heterocycles. The van der Waals surface area contributed by atoms with Crippen molar-refractivity contribution in [1.29, 1.82) is 0 Å². The highest BCUT2D eigenvalue weighted by Crippen LogP contribution is 2.48. The first-order valence-electron chi connectivity index (χ1n) is 38.1. The minimum absolute atomic E-state index is 0.634. The molecular formula is C81H164. The van der Waals surface area contributed by atoms with Gasteiger partial charge in [0.15, 0.2) is 0 Å². The van der Waals surface area contributed by atoms with E-state index in [0.29, 0.717) is 27.1 Å². The molecule has 8 aliphatic carbocycles. The molecule has 4 atom stereocenters. The lowest BCUT2D eigenvalue weighted by Crippen LogP contribution is -2.28. The Hall–Kier alpha value is 0. The molecule has 0 spiro atoms. The van der Waals surface area contributed by atoms with Crippen LogP contribution in [-0.4, -0.2) is 0 Å². The number of hydrogen-bond acceptors (Lipinski definition) is 0. The smallest absolute Gasteiger partial charge is 0.0303 e. The molecule has 0 heteroatoms. The Morgan fingerprint density at radius 2 is 0.568 bits per heavy atom. The molecule has 8 fully saturated rings. The first-order valence-corrected chi connectivity index (χ1v) is 38.1. The Balaban J connectivity index is 0.000000899. The molecule has 4 unspecified atom stereocenters. The van der Waals surface area contributed by atoms with Crippen LogP contribution in [0.4, 0.5) is 0 Å². The molecule has 0 nitrogen and oxygen atoms in total. The summed E-state index contributed by atoms with van der Waals surface area (Å²) in [6, 6.07) is 0. The van der Waals surface area contributed by atoms with E-state index in [1.165, 1.54) is 295 Å². The van der Waals surface area contributed by atoms with Gasteiger partial charge < -0.3 is 0 Å². The summed E-state index contributed by atoms with van der Waals surface area (Å²) in [5, 5.41) is 0. The van der Waals surface area contributed by atoms with Crippen LogP contribution in [0.25, 0.3) is 0 Å². The van der Waals surface area contributed by atoms with Crippen LogP contribution in [0.5, 0.6) is 0 Å². The second-order valence-electron chi connectivity index (χ2n) is 33.9. The third-order valence-corrected chi connectivity index (χ3v) is 25.5. The van der Waals surface area contributed by atoms with E-state index in [1.54, 1.807) is 0 Å². The van der Waals surface area contributed by atoms with Gasteiger partial charge in [0.2, 0.25) is 0 Å². The monoisotopic (exact) mass is 1140 g/mol. The fourth-order valence-corrected chi connectivity index (χ4v) is 16.1. The predicted octanol–water partition coefficient (Wildman–Crippen LogP) is 30.1. The van der Waals surface area contributed by atoms with Gasteiger partial charge in [-0.25, -0.2) is 0 Å². The van der Waals surface area contributed by atoms with E-state index >= 15 is 0 Å². The molecule has 81 heavy (non-hydrogen) atoms. The lowest BCUT2D eigenvalue weighted by Gasteiger charge is -2.41. The van der Waals surface area contributed by atoms with Crippen molar-refractivity contribution >= 4 is 0 Å². The molecule has 8 rings (SSSR count). The Morgan fingerprint density at radius 1 is 0.259 bits per heavy atom. The van der Waals surface area contributed by atoms with Crippen molar-refractivity contribution in [3.05, 3.63) is 0 Å². The maximum Gasteiger partial charge on any atom is -0.0303 e. The van der Waals surface area contributed by atoms with E-state index in [1.807, 2.05) is 13.8 Å². The number of hydrogen-bond donors (Lipinski definition) is 0. The van der Waals surface area contributed by atoms with Crippen LogP contribution < -0.4 is 0 Å². The van der Waals surface area contributed by atoms with E-state index in [4.69, 9.17) is 0 Å². The second kappa shape index (κ2) is 42.0. The number of rotatable bonds is 10. The predicted molar refractivity (Wildman–Crippen MR) is 375 cm³/mol. The zero-order valence-electron chi connectivity index (χ0n) is 61.8. The maximum absolute atomic E-state index is 2.47. The van der Waals surface area contributed by atoms with Gasteiger partial charge in [0, 0.05) is 0 Å². The molecule has 0 bridgehead atoms. The zero-order chi connectivity index (χ0) is 61.8. The van der Waals surface area contributed by atoms with Crippen molar-refractivity contribution in [2.45, 2.75) is 455 Å².